The van der Waals surface area contributed by atoms with E-state index < -0.39 is 0 Å². The highest BCUT2D eigenvalue weighted by atomic mass is 35.5. The first kappa shape index (κ1) is 12.8. The molecule has 0 aliphatic rings. The second-order valence-corrected chi connectivity index (χ2v) is 5.50. The van der Waals surface area contributed by atoms with Crippen molar-refractivity contribution in [2.24, 2.45) is 0 Å². The Morgan fingerprint density at radius 2 is 2.18 bits per heavy atom. The Bertz CT molecular complexity index is 485. The molecule has 2 rings (SSSR count). The number of rotatable bonds is 4. The van der Waals surface area contributed by atoms with Crippen LogP contribution in [-0.4, -0.2) is 4.98 Å². The first-order valence-corrected chi connectivity index (χ1v) is 6.87. The summed E-state index contributed by atoms with van der Waals surface area (Å²) in [6.07, 6.45) is 1.81. The number of hydrogen-bond donors (Lipinski definition) is 1. The average molecular weight is 287 g/mol. The molecule has 0 fully saturated rings. The van der Waals surface area contributed by atoms with E-state index in [2.05, 4.69) is 17.2 Å². The van der Waals surface area contributed by atoms with Gasteiger partial charge in [-0.3, -0.25) is 0 Å². The first-order valence-electron chi connectivity index (χ1n) is 5.23. The smallest absolute Gasteiger partial charge is 0.106 e. The van der Waals surface area contributed by atoms with Gasteiger partial charge in [0.2, 0.25) is 0 Å². The van der Waals surface area contributed by atoms with Gasteiger partial charge in [0.05, 0.1) is 10.0 Å². The number of nitrogens with zero attached hydrogens (tertiary/aromatic N) is 1. The summed E-state index contributed by atoms with van der Waals surface area (Å²) in [5.41, 5.74) is 1.12. The van der Waals surface area contributed by atoms with Gasteiger partial charge in [0.25, 0.3) is 0 Å². The van der Waals surface area contributed by atoms with Gasteiger partial charge in [0.1, 0.15) is 5.01 Å². The molecule has 0 aliphatic carbocycles. The lowest BCUT2D eigenvalue weighted by molar-refractivity contribution is 0.573. The van der Waals surface area contributed by atoms with Crippen molar-refractivity contribution in [3.8, 4) is 0 Å². The largest absolute Gasteiger partial charge is 0.304 e. The van der Waals surface area contributed by atoms with E-state index in [4.69, 9.17) is 23.2 Å². The second-order valence-electron chi connectivity index (χ2n) is 3.70. The summed E-state index contributed by atoms with van der Waals surface area (Å²) in [5.74, 6) is 0. The quantitative estimate of drug-likeness (QED) is 0.906. The van der Waals surface area contributed by atoms with Gasteiger partial charge in [-0.15, -0.1) is 11.3 Å². The van der Waals surface area contributed by atoms with Gasteiger partial charge in [0, 0.05) is 24.2 Å². The summed E-state index contributed by atoms with van der Waals surface area (Å²) in [5, 5.41) is 7.62. The maximum Gasteiger partial charge on any atom is 0.106 e. The molecule has 2 aromatic rings. The van der Waals surface area contributed by atoms with E-state index in [-0.39, 0.29) is 6.04 Å². The van der Waals surface area contributed by atoms with Gasteiger partial charge in [-0.1, -0.05) is 29.3 Å². The van der Waals surface area contributed by atoms with Gasteiger partial charge in [-0.2, -0.15) is 0 Å². The molecule has 0 saturated heterocycles. The molecule has 1 heterocycles. The molecule has 2 nitrogen and oxygen atoms in total. The van der Waals surface area contributed by atoms with E-state index in [0.29, 0.717) is 10.0 Å². The molecule has 17 heavy (non-hydrogen) atoms. The normalized spacial score (nSPS) is 12.6. The maximum absolute atomic E-state index is 5.99. The van der Waals surface area contributed by atoms with Crippen molar-refractivity contribution in [1.82, 2.24) is 10.3 Å². The van der Waals surface area contributed by atoms with E-state index in [0.717, 1.165) is 17.1 Å². The number of nitrogens with one attached hydrogen (secondary N) is 1. The summed E-state index contributed by atoms with van der Waals surface area (Å²) in [6, 6.07) is 5.91. The highest BCUT2D eigenvalue weighted by molar-refractivity contribution is 7.09. The zero-order valence-electron chi connectivity index (χ0n) is 9.28. The van der Waals surface area contributed by atoms with Crippen molar-refractivity contribution in [3.05, 3.63) is 50.4 Å². The number of benzene rings is 1. The Kier molecular flexibility index (Phi) is 4.40. The number of aromatic nitrogens is 1. The highest BCUT2D eigenvalue weighted by Gasteiger charge is 2.07. The Morgan fingerprint density at radius 3 is 2.82 bits per heavy atom. The van der Waals surface area contributed by atoms with Crippen molar-refractivity contribution >= 4 is 34.5 Å². The minimum atomic E-state index is 0.216. The summed E-state index contributed by atoms with van der Waals surface area (Å²) < 4.78 is 0. The molecule has 0 amide bonds. The zero-order chi connectivity index (χ0) is 12.3. The zero-order valence-corrected chi connectivity index (χ0v) is 11.6. The van der Waals surface area contributed by atoms with Crippen molar-refractivity contribution in [1.29, 1.82) is 0 Å². The molecule has 0 radical (unpaired) electrons. The van der Waals surface area contributed by atoms with Crippen LogP contribution in [0.4, 0.5) is 0 Å². The van der Waals surface area contributed by atoms with Crippen molar-refractivity contribution in [2.45, 2.75) is 19.5 Å². The fraction of sp³-hybridized carbons (Fsp3) is 0.250. The molecule has 1 atom stereocenters. The van der Waals surface area contributed by atoms with Crippen LogP contribution in [-0.2, 0) is 6.54 Å². The van der Waals surface area contributed by atoms with Crippen LogP contribution in [0.2, 0.25) is 10.0 Å². The molecule has 5 heteroatoms. The molecule has 1 unspecified atom stereocenters. The van der Waals surface area contributed by atoms with Gasteiger partial charge in [-0.25, -0.2) is 4.98 Å². The molecule has 1 aromatic heterocycles. The summed E-state index contributed by atoms with van der Waals surface area (Å²) in [4.78, 5) is 4.22. The average Bonchev–Trinajstić information content (AvgIpc) is 2.82. The van der Waals surface area contributed by atoms with Crippen LogP contribution in [0.1, 0.15) is 23.5 Å². The van der Waals surface area contributed by atoms with Crippen molar-refractivity contribution in [2.75, 3.05) is 0 Å². The Labute approximate surface area is 115 Å². The fourth-order valence-electron chi connectivity index (χ4n) is 1.48. The van der Waals surface area contributed by atoms with E-state index in [9.17, 15) is 0 Å². The third kappa shape index (κ3) is 3.42. The molecular formula is C12H12Cl2N2S. The first-order chi connectivity index (χ1) is 8.16. The molecule has 1 aromatic carbocycles. The molecule has 90 valence electrons. The molecule has 0 saturated carbocycles. The fourth-order valence-corrected chi connectivity index (χ4v) is 2.35. The predicted molar refractivity (Wildman–Crippen MR) is 73.8 cm³/mol. The van der Waals surface area contributed by atoms with E-state index >= 15 is 0 Å². The Hall–Kier alpha value is -0.610. The standard InChI is InChI=1S/C12H12Cl2N2S/c1-8(16-7-12-15-4-5-17-12)9-2-3-10(13)11(14)6-9/h2-6,8,16H,7H2,1H3. The van der Waals surface area contributed by atoms with E-state index in [1.54, 1.807) is 11.3 Å². The number of thiazole rings is 1. The highest BCUT2D eigenvalue weighted by Crippen LogP contribution is 2.25. The molecule has 1 N–H and O–H groups in total. The van der Waals surface area contributed by atoms with Crippen molar-refractivity contribution < 1.29 is 0 Å². The van der Waals surface area contributed by atoms with Gasteiger partial charge in [-0.05, 0) is 24.6 Å². The third-order valence-electron chi connectivity index (χ3n) is 2.49. The summed E-state index contributed by atoms with van der Waals surface area (Å²) >= 11 is 13.5. The van der Waals surface area contributed by atoms with E-state index in [1.165, 1.54) is 0 Å². The van der Waals surface area contributed by atoms with Crippen molar-refractivity contribution in [3.63, 3.8) is 0 Å². The van der Waals surface area contributed by atoms with Crippen LogP contribution >= 0.6 is 34.5 Å². The topological polar surface area (TPSA) is 24.9 Å². The lowest BCUT2D eigenvalue weighted by Gasteiger charge is -2.13. The van der Waals surface area contributed by atoms with Crippen LogP contribution in [0.3, 0.4) is 0 Å². The number of halogens is 2. The van der Waals surface area contributed by atoms with Gasteiger partial charge >= 0.3 is 0 Å². The maximum atomic E-state index is 5.99. The summed E-state index contributed by atoms with van der Waals surface area (Å²) in [7, 11) is 0. The molecular weight excluding hydrogens is 275 g/mol. The SMILES string of the molecule is CC(NCc1nccs1)c1ccc(Cl)c(Cl)c1. The monoisotopic (exact) mass is 286 g/mol. The minimum Gasteiger partial charge on any atom is -0.304 e. The summed E-state index contributed by atoms with van der Waals surface area (Å²) in [6.45, 7) is 2.85. The third-order valence-corrected chi connectivity index (χ3v) is 4.01. The van der Waals surface area contributed by atoms with Crippen LogP contribution in [0.5, 0.6) is 0 Å². The van der Waals surface area contributed by atoms with Gasteiger partial charge < -0.3 is 5.32 Å². The van der Waals surface area contributed by atoms with Crippen LogP contribution in [0.25, 0.3) is 0 Å². The minimum absolute atomic E-state index is 0.216. The predicted octanol–water partition coefficient (Wildman–Crippen LogP) is 4.30. The lowest BCUT2D eigenvalue weighted by atomic mass is 10.1. The van der Waals surface area contributed by atoms with Gasteiger partial charge in [0.15, 0.2) is 0 Å². The lowest BCUT2D eigenvalue weighted by Crippen LogP contribution is -2.17. The van der Waals surface area contributed by atoms with Crippen LogP contribution in [0.15, 0.2) is 29.8 Å². The molecule has 0 bridgehead atoms. The number of hydrogen-bond acceptors (Lipinski definition) is 3. The Morgan fingerprint density at radius 1 is 1.35 bits per heavy atom. The van der Waals surface area contributed by atoms with E-state index in [1.807, 2.05) is 29.8 Å². The molecule has 0 spiro atoms. The Balaban J connectivity index is 1.99. The second kappa shape index (κ2) is 5.83. The molecule has 0 aliphatic heterocycles. The van der Waals surface area contributed by atoms with Crippen LogP contribution in [0, 0.1) is 0 Å². The van der Waals surface area contributed by atoms with Crippen LogP contribution < -0.4 is 5.32 Å².